The Morgan fingerprint density at radius 2 is 2.40 bits per heavy atom. The van der Waals surface area contributed by atoms with Gasteiger partial charge in [0.1, 0.15) is 0 Å². The van der Waals surface area contributed by atoms with Crippen molar-refractivity contribution in [2.75, 3.05) is 26.2 Å². The lowest BCUT2D eigenvalue weighted by atomic mass is 10.00. The number of rotatable bonds is 6. The Kier molecular flexibility index (Phi) is 4.73. The Hall–Kier alpha value is -1.45. The number of carboxylic acids is 1. The summed E-state index contributed by atoms with van der Waals surface area (Å²) < 4.78 is 26.1. The van der Waals surface area contributed by atoms with Crippen molar-refractivity contribution in [1.29, 1.82) is 0 Å². The summed E-state index contributed by atoms with van der Waals surface area (Å²) in [6.07, 6.45) is 4.29. The van der Waals surface area contributed by atoms with E-state index in [9.17, 15) is 13.2 Å². The highest BCUT2D eigenvalue weighted by Gasteiger charge is 2.30. The van der Waals surface area contributed by atoms with Crippen molar-refractivity contribution in [2.24, 2.45) is 5.92 Å². The SMILES string of the molecule is O=C(O)CNCC1CCCN(S(=O)(=O)c2cnc[nH]2)C1. The molecular formula is C11H18N4O4S. The lowest BCUT2D eigenvalue weighted by Crippen LogP contribution is -2.43. The first-order valence-corrected chi connectivity index (χ1v) is 7.85. The minimum atomic E-state index is -3.52. The summed E-state index contributed by atoms with van der Waals surface area (Å²) in [4.78, 5) is 16.8. The number of aromatic nitrogens is 2. The van der Waals surface area contributed by atoms with E-state index in [2.05, 4.69) is 15.3 Å². The van der Waals surface area contributed by atoms with Crippen LogP contribution >= 0.6 is 0 Å². The highest BCUT2D eigenvalue weighted by Crippen LogP contribution is 2.22. The Morgan fingerprint density at radius 1 is 1.60 bits per heavy atom. The quantitative estimate of drug-likeness (QED) is 0.651. The normalized spacial score (nSPS) is 20.9. The number of aliphatic carboxylic acids is 1. The molecule has 9 heteroatoms. The minimum absolute atomic E-state index is 0.0941. The number of carboxylic acid groups (broad SMARTS) is 1. The molecule has 2 rings (SSSR count). The lowest BCUT2D eigenvalue weighted by Gasteiger charge is -2.31. The zero-order valence-electron chi connectivity index (χ0n) is 10.9. The Morgan fingerprint density at radius 3 is 3.05 bits per heavy atom. The van der Waals surface area contributed by atoms with Crippen LogP contribution in [0.5, 0.6) is 0 Å². The standard InChI is InChI=1S/C11H18N4O4S/c16-11(17)6-12-4-9-2-1-3-15(7-9)20(18,19)10-5-13-8-14-10/h5,8-9,12H,1-4,6-7H2,(H,13,14)(H,16,17). The maximum Gasteiger partial charge on any atom is 0.317 e. The van der Waals surface area contributed by atoms with Crippen LogP contribution in [-0.2, 0) is 14.8 Å². The number of piperidine rings is 1. The highest BCUT2D eigenvalue weighted by atomic mass is 32.2. The zero-order chi connectivity index (χ0) is 14.6. The van der Waals surface area contributed by atoms with Gasteiger partial charge in [-0.1, -0.05) is 0 Å². The average molecular weight is 302 g/mol. The van der Waals surface area contributed by atoms with E-state index in [1.807, 2.05) is 0 Å². The lowest BCUT2D eigenvalue weighted by molar-refractivity contribution is -0.136. The molecule has 1 fully saturated rings. The average Bonchev–Trinajstić information content (AvgIpc) is 2.93. The Labute approximate surface area is 117 Å². The molecular weight excluding hydrogens is 284 g/mol. The first-order valence-electron chi connectivity index (χ1n) is 6.41. The van der Waals surface area contributed by atoms with Gasteiger partial charge in [0.25, 0.3) is 10.0 Å². The summed E-state index contributed by atoms with van der Waals surface area (Å²) in [7, 11) is -3.52. The van der Waals surface area contributed by atoms with Crippen LogP contribution in [0.15, 0.2) is 17.6 Å². The van der Waals surface area contributed by atoms with Gasteiger partial charge >= 0.3 is 5.97 Å². The number of sulfonamides is 1. The van der Waals surface area contributed by atoms with Crippen molar-refractivity contribution >= 4 is 16.0 Å². The molecule has 1 aromatic rings. The van der Waals surface area contributed by atoms with Crippen LogP contribution in [0.4, 0.5) is 0 Å². The van der Waals surface area contributed by atoms with Crippen molar-refractivity contribution in [3.63, 3.8) is 0 Å². The van der Waals surface area contributed by atoms with Crippen LogP contribution in [0, 0.1) is 5.92 Å². The van der Waals surface area contributed by atoms with E-state index in [4.69, 9.17) is 5.11 Å². The molecule has 1 atom stereocenters. The molecule has 0 aromatic carbocycles. The molecule has 0 radical (unpaired) electrons. The van der Waals surface area contributed by atoms with Crippen LogP contribution in [0.1, 0.15) is 12.8 Å². The van der Waals surface area contributed by atoms with Crippen LogP contribution in [0.25, 0.3) is 0 Å². The third-order valence-electron chi connectivity index (χ3n) is 3.28. The molecule has 0 aliphatic carbocycles. The van der Waals surface area contributed by atoms with E-state index in [0.29, 0.717) is 19.6 Å². The maximum atomic E-state index is 12.3. The largest absolute Gasteiger partial charge is 0.480 e. The molecule has 112 valence electrons. The topological polar surface area (TPSA) is 115 Å². The number of imidazole rings is 1. The number of aromatic amines is 1. The first-order chi connectivity index (χ1) is 9.50. The number of hydrogen-bond donors (Lipinski definition) is 3. The molecule has 1 aromatic heterocycles. The van der Waals surface area contributed by atoms with E-state index in [0.717, 1.165) is 12.8 Å². The van der Waals surface area contributed by atoms with Crippen LogP contribution in [-0.4, -0.2) is 59.9 Å². The van der Waals surface area contributed by atoms with Crippen LogP contribution in [0.3, 0.4) is 0 Å². The highest BCUT2D eigenvalue weighted by molar-refractivity contribution is 7.89. The molecule has 0 saturated carbocycles. The predicted octanol–water partition coefficient (Wildman–Crippen LogP) is -0.515. The van der Waals surface area contributed by atoms with Gasteiger partial charge in [-0.2, -0.15) is 4.31 Å². The second-order valence-electron chi connectivity index (χ2n) is 4.81. The molecule has 1 unspecified atom stereocenters. The number of nitrogens with one attached hydrogen (secondary N) is 2. The fraction of sp³-hybridized carbons (Fsp3) is 0.636. The van der Waals surface area contributed by atoms with Gasteiger partial charge in [0, 0.05) is 13.1 Å². The van der Waals surface area contributed by atoms with Gasteiger partial charge in [-0.25, -0.2) is 13.4 Å². The number of H-pyrrole nitrogens is 1. The summed E-state index contributed by atoms with van der Waals surface area (Å²) >= 11 is 0. The molecule has 0 bridgehead atoms. The van der Waals surface area contributed by atoms with Gasteiger partial charge in [0.2, 0.25) is 0 Å². The number of hydrogen-bond acceptors (Lipinski definition) is 5. The molecule has 8 nitrogen and oxygen atoms in total. The van der Waals surface area contributed by atoms with Gasteiger partial charge in [-0.3, -0.25) is 4.79 Å². The van der Waals surface area contributed by atoms with Crippen molar-refractivity contribution in [1.82, 2.24) is 19.6 Å². The number of carbonyl (C=O) groups is 1. The van der Waals surface area contributed by atoms with Crippen molar-refractivity contribution in [3.05, 3.63) is 12.5 Å². The molecule has 1 aliphatic heterocycles. The predicted molar refractivity (Wildman–Crippen MR) is 70.6 cm³/mol. The van der Waals surface area contributed by atoms with Gasteiger partial charge in [0.15, 0.2) is 5.03 Å². The van der Waals surface area contributed by atoms with Gasteiger partial charge in [0.05, 0.1) is 19.1 Å². The summed E-state index contributed by atoms with van der Waals surface area (Å²) in [5.74, 6) is -0.788. The third-order valence-corrected chi connectivity index (χ3v) is 5.07. The van der Waals surface area contributed by atoms with E-state index in [1.54, 1.807) is 0 Å². The second-order valence-corrected chi connectivity index (χ2v) is 6.72. The van der Waals surface area contributed by atoms with E-state index >= 15 is 0 Å². The summed E-state index contributed by atoms with van der Waals surface area (Å²) in [6, 6.07) is 0. The minimum Gasteiger partial charge on any atom is -0.480 e. The van der Waals surface area contributed by atoms with Crippen molar-refractivity contribution < 1.29 is 18.3 Å². The second kappa shape index (κ2) is 6.33. The van der Waals surface area contributed by atoms with Crippen LogP contribution in [0.2, 0.25) is 0 Å². The maximum absolute atomic E-state index is 12.3. The molecule has 20 heavy (non-hydrogen) atoms. The van der Waals surface area contributed by atoms with E-state index < -0.39 is 16.0 Å². The summed E-state index contributed by atoms with van der Waals surface area (Å²) in [6.45, 7) is 1.27. The Bertz CT molecular complexity index is 543. The first kappa shape index (κ1) is 14.9. The fourth-order valence-corrected chi connectivity index (χ4v) is 3.77. The molecule has 0 amide bonds. The summed E-state index contributed by atoms with van der Waals surface area (Å²) in [5, 5.41) is 11.5. The van der Waals surface area contributed by atoms with Crippen molar-refractivity contribution in [3.8, 4) is 0 Å². The summed E-state index contributed by atoms with van der Waals surface area (Å²) in [5.41, 5.74) is 0. The molecule has 0 spiro atoms. The fourth-order valence-electron chi connectivity index (χ4n) is 2.32. The molecule has 3 N–H and O–H groups in total. The van der Waals surface area contributed by atoms with Gasteiger partial charge in [-0.15, -0.1) is 0 Å². The number of nitrogens with zero attached hydrogens (tertiary/aromatic N) is 2. The molecule has 1 aliphatic rings. The Balaban J connectivity index is 1.95. The monoisotopic (exact) mass is 302 g/mol. The van der Waals surface area contributed by atoms with Gasteiger partial charge in [-0.05, 0) is 25.3 Å². The van der Waals surface area contributed by atoms with E-state index in [1.165, 1.54) is 16.8 Å². The van der Waals surface area contributed by atoms with E-state index in [-0.39, 0.29) is 17.5 Å². The molecule has 2 heterocycles. The van der Waals surface area contributed by atoms with Gasteiger partial charge < -0.3 is 15.4 Å². The zero-order valence-corrected chi connectivity index (χ0v) is 11.8. The molecule has 1 saturated heterocycles. The third kappa shape index (κ3) is 3.56. The van der Waals surface area contributed by atoms with Crippen LogP contribution < -0.4 is 5.32 Å². The van der Waals surface area contributed by atoms with Crippen molar-refractivity contribution in [2.45, 2.75) is 17.9 Å². The smallest absolute Gasteiger partial charge is 0.317 e.